The molecule has 0 fully saturated rings. The van der Waals surface area contributed by atoms with Gasteiger partial charge in [-0.15, -0.1) is 6.58 Å². The number of hydrogen-bond acceptors (Lipinski definition) is 2. The van der Waals surface area contributed by atoms with Crippen molar-refractivity contribution in [3.05, 3.63) is 12.7 Å². The minimum atomic E-state index is -0.400. The van der Waals surface area contributed by atoms with Crippen LogP contribution in [-0.4, -0.2) is 23.9 Å². The second-order valence-corrected chi connectivity index (χ2v) is 3.25. The molecule has 0 heterocycles. The van der Waals surface area contributed by atoms with Crippen molar-refractivity contribution in [3.8, 4) is 0 Å². The van der Waals surface area contributed by atoms with Crippen molar-refractivity contribution in [1.29, 1.82) is 0 Å². The van der Waals surface area contributed by atoms with E-state index in [4.69, 9.17) is 4.74 Å². The summed E-state index contributed by atoms with van der Waals surface area (Å²) in [5.74, 6) is 0. The van der Waals surface area contributed by atoms with E-state index in [1.165, 1.54) is 0 Å². The zero-order chi connectivity index (χ0) is 9.61. The average molecular weight is 172 g/mol. The maximum Gasteiger partial charge on any atom is 0.0905 e. The molecule has 0 rings (SSSR count). The van der Waals surface area contributed by atoms with Crippen molar-refractivity contribution in [3.63, 3.8) is 0 Å². The largest absolute Gasteiger partial charge is 0.390 e. The summed E-state index contributed by atoms with van der Waals surface area (Å²) >= 11 is 0. The standard InChI is InChI=1S/C10H20O2/c1-5-7-8-9(11)10(3,6-2)12-4/h5,9,11H,1,6-8H2,2-4H3. The first-order chi connectivity index (χ1) is 5.60. The van der Waals surface area contributed by atoms with Gasteiger partial charge >= 0.3 is 0 Å². The average Bonchev–Trinajstić information content (AvgIpc) is 2.12. The lowest BCUT2D eigenvalue weighted by Crippen LogP contribution is -2.40. The van der Waals surface area contributed by atoms with E-state index in [9.17, 15) is 5.11 Å². The van der Waals surface area contributed by atoms with E-state index in [-0.39, 0.29) is 0 Å². The molecule has 0 radical (unpaired) electrons. The molecule has 12 heavy (non-hydrogen) atoms. The molecule has 0 saturated heterocycles. The van der Waals surface area contributed by atoms with Gasteiger partial charge in [-0.1, -0.05) is 13.0 Å². The molecule has 0 amide bonds. The lowest BCUT2D eigenvalue weighted by molar-refractivity contribution is -0.0943. The molecule has 0 aliphatic heterocycles. The van der Waals surface area contributed by atoms with E-state index in [1.807, 2.05) is 19.9 Å². The van der Waals surface area contributed by atoms with Gasteiger partial charge in [0.1, 0.15) is 0 Å². The van der Waals surface area contributed by atoms with E-state index >= 15 is 0 Å². The van der Waals surface area contributed by atoms with Gasteiger partial charge in [-0.3, -0.25) is 0 Å². The van der Waals surface area contributed by atoms with Crippen LogP contribution in [-0.2, 0) is 4.74 Å². The first-order valence-corrected chi connectivity index (χ1v) is 4.44. The number of hydrogen-bond donors (Lipinski definition) is 1. The molecule has 0 aliphatic rings. The first kappa shape index (κ1) is 11.7. The highest BCUT2D eigenvalue weighted by Crippen LogP contribution is 2.22. The highest BCUT2D eigenvalue weighted by molar-refractivity contribution is 4.84. The van der Waals surface area contributed by atoms with E-state index in [2.05, 4.69) is 6.58 Å². The lowest BCUT2D eigenvalue weighted by atomic mass is 9.92. The van der Waals surface area contributed by atoms with E-state index in [1.54, 1.807) is 7.11 Å². The Kier molecular flexibility index (Phi) is 5.18. The van der Waals surface area contributed by atoms with Gasteiger partial charge in [0.2, 0.25) is 0 Å². The van der Waals surface area contributed by atoms with E-state index < -0.39 is 11.7 Å². The Hall–Kier alpha value is -0.340. The number of rotatable bonds is 6. The summed E-state index contributed by atoms with van der Waals surface area (Å²) in [6.07, 6.45) is 3.80. The molecule has 72 valence electrons. The first-order valence-electron chi connectivity index (χ1n) is 4.44. The molecule has 0 bridgehead atoms. The lowest BCUT2D eigenvalue weighted by Gasteiger charge is -2.31. The summed E-state index contributed by atoms with van der Waals surface area (Å²) in [5.41, 5.74) is -0.400. The van der Waals surface area contributed by atoms with Gasteiger partial charge in [-0.2, -0.15) is 0 Å². The molecule has 0 spiro atoms. The van der Waals surface area contributed by atoms with Crippen molar-refractivity contribution in [1.82, 2.24) is 0 Å². The topological polar surface area (TPSA) is 29.5 Å². The third-order valence-corrected chi connectivity index (χ3v) is 2.52. The van der Waals surface area contributed by atoms with Crippen LogP contribution in [0.4, 0.5) is 0 Å². The van der Waals surface area contributed by atoms with Crippen molar-refractivity contribution >= 4 is 0 Å². The van der Waals surface area contributed by atoms with E-state index in [0.717, 1.165) is 19.3 Å². The normalized spacial score (nSPS) is 18.3. The smallest absolute Gasteiger partial charge is 0.0905 e. The van der Waals surface area contributed by atoms with Crippen LogP contribution in [0.15, 0.2) is 12.7 Å². The second kappa shape index (κ2) is 5.33. The van der Waals surface area contributed by atoms with Crippen LogP contribution in [0.1, 0.15) is 33.1 Å². The summed E-state index contributed by atoms with van der Waals surface area (Å²) in [7, 11) is 1.64. The fourth-order valence-electron chi connectivity index (χ4n) is 1.10. The monoisotopic (exact) mass is 172 g/mol. The van der Waals surface area contributed by atoms with Gasteiger partial charge in [0.25, 0.3) is 0 Å². The maximum absolute atomic E-state index is 9.73. The molecule has 2 unspecified atom stereocenters. The predicted octanol–water partition coefficient (Wildman–Crippen LogP) is 2.13. The summed E-state index contributed by atoms with van der Waals surface area (Å²) in [6, 6.07) is 0. The third kappa shape index (κ3) is 2.95. The third-order valence-electron chi connectivity index (χ3n) is 2.52. The van der Waals surface area contributed by atoms with Gasteiger partial charge in [-0.05, 0) is 26.2 Å². The summed E-state index contributed by atoms with van der Waals surface area (Å²) in [4.78, 5) is 0. The van der Waals surface area contributed by atoms with Crippen molar-refractivity contribution < 1.29 is 9.84 Å². The molecule has 0 aliphatic carbocycles. The Morgan fingerprint density at radius 3 is 2.58 bits per heavy atom. The van der Waals surface area contributed by atoms with Gasteiger partial charge in [-0.25, -0.2) is 0 Å². The predicted molar refractivity (Wildman–Crippen MR) is 51.1 cm³/mol. The van der Waals surface area contributed by atoms with Gasteiger partial charge in [0, 0.05) is 7.11 Å². The van der Waals surface area contributed by atoms with Crippen LogP contribution in [0.3, 0.4) is 0 Å². The van der Waals surface area contributed by atoms with Gasteiger partial charge in [0.15, 0.2) is 0 Å². The molecule has 0 saturated carbocycles. The highest BCUT2D eigenvalue weighted by atomic mass is 16.5. The molecule has 2 heteroatoms. The Morgan fingerprint density at radius 2 is 2.25 bits per heavy atom. The zero-order valence-electron chi connectivity index (χ0n) is 8.34. The van der Waals surface area contributed by atoms with Crippen LogP contribution in [0, 0.1) is 0 Å². The summed E-state index contributed by atoms with van der Waals surface area (Å²) in [6.45, 7) is 7.56. The minimum absolute atomic E-state index is 0.398. The molecule has 1 N–H and O–H groups in total. The summed E-state index contributed by atoms with van der Waals surface area (Å²) < 4.78 is 5.26. The molecule has 2 nitrogen and oxygen atoms in total. The molecule has 0 aromatic carbocycles. The minimum Gasteiger partial charge on any atom is -0.390 e. The fraction of sp³-hybridized carbons (Fsp3) is 0.800. The Morgan fingerprint density at radius 1 is 1.67 bits per heavy atom. The van der Waals surface area contributed by atoms with Crippen molar-refractivity contribution in [2.45, 2.75) is 44.8 Å². The van der Waals surface area contributed by atoms with Crippen LogP contribution < -0.4 is 0 Å². The molecule has 0 aromatic rings. The van der Waals surface area contributed by atoms with Crippen molar-refractivity contribution in [2.75, 3.05) is 7.11 Å². The van der Waals surface area contributed by atoms with Crippen LogP contribution >= 0.6 is 0 Å². The number of methoxy groups -OCH3 is 1. The zero-order valence-corrected chi connectivity index (χ0v) is 8.34. The van der Waals surface area contributed by atoms with Crippen LogP contribution in [0.5, 0.6) is 0 Å². The van der Waals surface area contributed by atoms with Crippen LogP contribution in [0.2, 0.25) is 0 Å². The molecule has 0 aromatic heterocycles. The van der Waals surface area contributed by atoms with Crippen molar-refractivity contribution in [2.24, 2.45) is 0 Å². The summed E-state index contributed by atoms with van der Waals surface area (Å²) in [5, 5.41) is 9.73. The number of allylic oxidation sites excluding steroid dienone is 1. The quantitative estimate of drug-likeness (QED) is 0.622. The number of aliphatic hydroxyl groups excluding tert-OH is 1. The second-order valence-electron chi connectivity index (χ2n) is 3.25. The van der Waals surface area contributed by atoms with Gasteiger partial charge < -0.3 is 9.84 Å². The highest BCUT2D eigenvalue weighted by Gasteiger charge is 2.29. The van der Waals surface area contributed by atoms with Gasteiger partial charge in [0.05, 0.1) is 11.7 Å². The number of aliphatic hydroxyl groups is 1. The Bertz CT molecular complexity index is 128. The Balaban J connectivity index is 4.01. The Labute approximate surface area is 75.2 Å². The van der Waals surface area contributed by atoms with E-state index in [0.29, 0.717) is 0 Å². The number of ether oxygens (including phenoxy) is 1. The van der Waals surface area contributed by atoms with Crippen LogP contribution in [0.25, 0.3) is 0 Å². The molecular formula is C10H20O2. The molecule has 2 atom stereocenters. The maximum atomic E-state index is 9.73. The fourth-order valence-corrected chi connectivity index (χ4v) is 1.10. The molecular weight excluding hydrogens is 152 g/mol. The SMILES string of the molecule is C=CCCC(O)C(C)(CC)OC.